The Morgan fingerprint density at radius 1 is 1.00 bits per heavy atom. The van der Waals surface area contributed by atoms with Gasteiger partial charge in [-0.15, -0.1) is 0 Å². The number of ether oxygens (including phenoxy) is 1. The van der Waals surface area contributed by atoms with E-state index in [-0.39, 0.29) is 24.9 Å². The highest BCUT2D eigenvalue weighted by Crippen LogP contribution is 2.15. The van der Waals surface area contributed by atoms with Crippen LogP contribution in [0.1, 0.15) is 18.1 Å². The maximum atomic E-state index is 12.4. The van der Waals surface area contributed by atoms with Crippen LogP contribution in [0.15, 0.2) is 48.5 Å². The van der Waals surface area contributed by atoms with Crippen molar-refractivity contribution in [3.05, 3.63) is 59.7 Å². The molecule has 2 amide bonds. The van der Waals surface area contributed by atoms with Crippen molar-refractivity contribution in [2.75, 3.05) is 39.6 Å². The van der Waals surface area contributed by atoms with E-state index in [2.05, 4.69) is 12.2 Å². The molecule has 0 radical (unpaired) electrons. The van der Waals surface area contributed by atoms with Gasteiger partial charge in [-0.1, -0.05) is 37.3 Å². The number of carbonyl (C=O) groups is 2. The Labute approximate surface area is 167 Å². The molecule has 0 saturated carbocycles. The fourth-order valence-corrected chi connectivity index (χ4v) is 2.89. The van der Waals surface area contributed by atoms with Crippen LogP contribution in [0.5, 0.6) is 5.75 Å². The Kier molecular flexibility index (Phi) is 8.02. The minimum absolute atomic E-state index is 0.0416. The van der Waals surface area contributed by atoms with Gasteiger partial charge in [-0.25, -0.2) is 0 Å². The maximum absolute atomic E-state index is 12.4. The lowest BCUT2D eigenvalue weighted by molar-refractivity contribution is -0.131. The quantitative estimate of drug-likeness (QED) is 0.723. The van der Waals surface area contributed by atoms with Crippen molar-refractivity contribution >= 4 is 17.5 Å². The number of para-hydroxylation sites is 1. The van der Waals surface area contributed by atoms with Crippen molar-refractivity contribution in [3.8, 4) is 5.75 Å². The van der Waals surface area contributed by atoms with Gasteiger partial charge in [0.15, 0.2) is 0 Å². The molecule has 0 bridgehead atoms. The second-order valence-electron chi connectivity index (χ2n) is 6.83. The van der Waals surface area contributed by atoms with Gasteiger partial charge in [-0.2, -0.15) is 0 Å². The van der Waals surface area contributed by atoms with Crippen LogP contribution in [0.3, 0.4) is 0 Å². The number of benzene rings is 2. The average Bonchev–Trinajstić information content (AvgIpc) is 2.68. The van der Waals surface area contributed by atoms with Crippen LogP contribution in [0.25, 0.3) is 0 Å². The molecule has 0 atom stereocenters. The highest BCUT2D eigenvalue weighted by Gasteiger charge is 2.15. The summed E-state index contributed by atoms with van der Waals surface area (Å²) in [4.78, 5) is 28.1. The number of nitrogens with one attached hydrogen (secondary N) is 1. The van der Waals surface area contributed by atoms with Crippen molar-refractivity contribution < 1.29 is 14.3 Å². The number of likely N-dealkylation sites (N-methyl/N-ethyl adjacent to an activating group) is 2. The molecule has 0 fully saturated rings. The summed E-state index contributed by atoms with van der Waals surface area (Å²) >= 11 is 0. The molecule has 0 heterocycles. The molecule has 0 aliphatic rings. The van der Waals surface area contributed by atoms with Crippen LogP contribution in [0, 0.1) is 0 Å². The molecular formula is C22H29N3O3. The first-order valence-electron chi connectivity index (χ1n) is 9.36. The Morgan fingerprint density at radius 2 is 1.68 bits per heavy atom. The summed E-state index contributed by atoms with van der Waals surface area (Å²) in [5.74, 6) is 0.613. The van der Waals surface area contributed by atoms with Crippen LogP contribution in [0.2, 0.25) is 0 Å². The number of anilines is 1. The van der Waals surface area contributed by atoms with Crippen LogP contribution in [-0.2, 0) is 22.6 Å². The summed E-state index contributed by atoms with van der Waals surface area (Å²) in [6, 6.07) is 15.4. The van der Waals surface area contributed by atoms with Crippen molar-refractivity contribution in [3.63, 3.8) is 0 Å². The third kappa shape index (κ3) is 6.39. The van der Waals surface area contributed by atoms with E-state index >= 15 is 0 Å². The lowest BCUT2D eigenvalue weighted by Crippen LogP contribution is -2.39. The van der Waals surface area contributed by atoms with E-state index in [4.69, 9.17) is 4.74 Å². The van der Waals surface area contributed by atoms with Crippen molar-refractivity contribution in [1.29, 1.82) is 0 Å². The van der Waals surface area contributed by atoms with Crippen LogP contribution in [0.4, 0.5) is 5.69 Å². The minimum atomic E-state index is -0.131. The van der Waals surface area contributed by atoms with Gasteiger partial charge in [0, 0.05) is 19.3 Å². The molecule has 150 valence electrons. The first kappa shape index (κ1) is 21.4. The number of amides is 2. The van der Waals surface area contributed by atoms with Crippen molar-refractivity contribution in [2.45, 2.75) is 19.9 Å². The van der Waals surface area contributed by atoms with Gasteiger partial charge in [-0.05, 0) is 42.8 Å². The van der Waals surface area contributed by atoms with Crippen molar-refractivity contribution in [2.24, 2.45) is 0 Å². The van der Waals surface area contributed by atoms with E-state index in [9.17, 15) is 9.59 Å². The Morgan fingerprint density at radius 3 is 2.32 bits per heavy atom. The normalized spacial score (nSPS) is 10.6. The molecular weight excluding hydrogens is 354 g/mol. The second-order valence-corrected chi connectivity index (χ2v) is 6.83. The van der Waals surface area contributed by atoms with Gasteiger partial charge in [0.2, 0.25) is 11.8 Å². The smallest absolute Gasteiger partial charge is 0.238 e. The molecule has 6 heteroatoms. The fraction of sp³-hybridized carbons (Fsp3) is 0.364. The fourth-order valence-electron chi connectivity index (χ4n) is 2.89. The first-order valence-corrected chi connectivity index (χ1v) is 9.36. The van der Waals surface area contributed by atoms with Gasteiger partial charge in [0.1, 0.15) is 5.75 Å². The van der Waals surface area contributed by atoms with Crippen LogP contribution >= 0.6 is 0 Å². The summed E-state index contributed by atoms with van der Waals surface area (Å²) in [7, 11) is 5.15. The van der Waals surface area contributed by atoms with E-state index < -0.39 is 0 Å². The predicted molar refractivity (Wildman–Crippen MR) is 111 cm³/mol. The average molecular weight is 383 g/mol. The molecule has 0 spiro atoms. The number of carbonyl (C=O) groups excluding carboxylic acids is 2. The number of nitrogens with zero attached hydrogens (tertiary/aromatic N) is 2. The largest absolute Gasteiger partial charge is 0.497 e. The molecule has 6 nitrogen and oxygen atoms in total. The molecule has 2 aromatic carbocycles. The SMILES string of the molecule is CCc1ccccc1NC(=O)CN(C)CC(=O)N(C)Cc1ccc(OC)cc1. The van der Waals surface area contributed by atoms with Gasteiger partial charge in [-0.3, -0.25) is 14.5 Å². The number of rotatable bonds is 9. The highest BCUT2D eigenvalue weighted by molar-refractivity contribution is 5.93. The summed E-state index contributed by atoms with van der Waals surface area (Å²) in [5.41, 5.74) is 2.94. The van der Waals surface area contributed by atoms with E-state index in [1.54, 1.807) is 31.0 Å². The maximum Gasteiger partial charge on any atom is 0.238 e. The zero-order valence-corrected chi connectivity index (χ0v) is 17.1. The Balaban J connectivity index is 1.82. The number of hydrogen-bond donors (Lipinski definition) is 1. The van der Waals surface area contributed by atoms with E-state index in [1.165, 1.54) is 0 Å². The Hall–Kier alpha value is -2.86. The molecule has 2 aromatic rings. The molecule has 2 rings (SSSR count). The molecule has 28 heavy (non-hydrogen) atoms. The highest BCUT2D eigenvalue weighted by atomic mass is 16.5. The summed E-state index contributed by atoms with van der Waals surface area (Å²) in [5, 5.41) is 2.93. The number of aryl methyl sites for hydroxylation is 1. The molecule has 0 aliphatic heterocycles. The third-order valence-corrected chi connectivity index (χ3v) is 4.50. The summed E-state index contributed by atoms with van der Waals surface area (Å²) in [6.45, 7) is 2.89. The Bertz CT molecular complexity index is 790. The van der Waals surface area contributed by atoms with Crippen LogP contribution < -0.4 is 10.1 Å². The standard InChI is InChI=1S/C22H29N3O3/c1-5-18-8-6-7-9-20(18)23-21(26)15-24(2)16-22(27)25(3)14-17-10-12-19(28-4)13-11-17/h6-13H,5,14-16H2,1-4H3,(H,23,26). The van der Waals surface area contributed by atoms with E-state index in [0.29, 0.717) is 6.54 Å². The topological polar surface area (TPSA) is 61.9 Å². The van der Waals surface area contributed by atoms with Gasteiger partial charge >= 0.3 is 0 Å². The molecule has 0 unspecified atom stereocenters. The zero-order chi connectivity index (χ0) is 20.5. The third-order valence-electron chi connectivity index (χ3n) is 4.50. The molecule has 0 aromatic heterocycles. The van der Waals surface area contributed by atoms with Crippen molar-refractivity contribution in [1.82, 2.24) is 9.80 Å². The first-order chi connectivity index (χ1) is 13.4. The zero-order valence-electron chi connectivity index (χ0n) is 17.1. The summed E-state index contributed by atoms with van der Waals surface area (Å²) < 4.78 is 5.14. The number of hydrogen-bond acceptors (Lipinski definition) is 4. The summed E-state index contributed by atoms with van der Waals surface area (Å²) in [6.07, 6.45) is 0.848. The minimum Gasteiger partial charge on any atom is -0.497 e. The van der Waals surface area contributed by atoms with Gasteiger partial charge in [0.25, 0.3) is 0 Å². The molecule has 0 aliphatic carbocycles. The van der Waals surface area contributed by atoms with Gasteiger partial charge in [0.05, 0.1) is 20.2 Å². The predicted octanol–water partition coefficient (Wildman–Crippen LogP) is 2.79. The van der Waals surface area contributed by atoms with E-state index in [0.717, 1.165) is 29.0 Å². The van der Waals surface area contributed by atoms with E-state index in [1.807, 2.05) is 48.5 Å². The molecule has 0 saturated heterocycles. The van der Waals surface area contributed by atoms with Gasteiger partial charge < -0.3 is 15.0 Å². The lowest BCUT2D eigenvalue weighted by Gasteiger charge is -2.22. The number of methoxy groups -OCH3 is 1. The van der Waals surface area contributed by atoms with Crippen LogP contribution in [-0.4, -0.2) is 55.9 Å². The lowest BCUT2D eigenvalue weighted by atomic mass is 10.1. The molecule has 1 N–H and O–H groups in total. The second kappa shape index (κ2) is 10.5. The monoisotopic (exact) mass is 383 g/mol.